The third-order valence-electron chi connectivity index (χ3n) is 0.992. The van der Waals surface area contributed by atoms with Crippen molar-refractivity contribution in [1.82, 2.24) is 5.32 Å². The van der Waals surface area contributed by atoms with Crippen molar-refractivity contribution >= 4 is 11.8 Å². The number of hydrogen-bond donors (Lipinski definition) is 3. The van der Waals surface area contributed by atoms with Crippen molar-refractivity contribution in [3.05, 3.63) is 12.7 Å². The zero-order valence-corrected chi connectivity index (χ0v) is 5.41. The summed E-state index contributed by atoms with van der Waals surface area (Å²) in [6, 6.07) is 0. The minimum absolute atomic E-state index is 0.275. The molecule has 5 N–H and O–H groups in total. The Hall–Kier alpha value is -1.36. The van der Waals surface area contributed by atoms with Gasteiger partial charge in [-0.15, -0.1) is 0 Å². The van der Waals surface area contributed by atoms with Crippen LogP contribution in [0.3, 0.4) is 0 Å². The van der Waals surface area contributed by atoms with Gasteiger partial charge in [0.15, 0.2) is 12.2 Å². The van der Waals surface area contributed by atoms with E-state index in [1.165, 1.54) is 6.08 Å². The maximum Gasteiger partial charge on any atom is 0.197 e. The van der Waals surface area contributed by atoms with Gasteiger partial charge in [-0.3, -0.25) is 5.73 Å². The zero-order valence-electron chi connectivity index (χ0n) is 5.41. The van der Waals surface area contributed by atoms with Crippen molar-refractivity contribution in [2.45, 2.75) is 6.29 Å². The van der Waals surface area contributed by atoms with E-state index < -0.39 is 6.29 Å². The van der Waals surface area contributed by atoms with E-state index in [0.717, 1.165) is 0 Å². The predicted octanol–water partition coefficient (Wildman–Crippen LogP) is -1.27. The fourth-order valence-corrected chi connectivity index (χ4v) is 0.613. The van der Waals surface area contributed by atoms with Crippen LogP contribution in [0.25, 0.3) is 0 Å². The van der Waals surface area contributed by atoms with Gasteiger partial charge >= 0.3 is 0 Å². The molecule has 5 nitrogen and oxygen atoms in total. The van der Waals surface area contributed by atoms with Crippen molar-refractivity contribution in [3.63, 3.8) is 0 Å². The molecule has 0 aromatic rings. The smallest absolute Gasteiger partial charge is 0.197 e. The van der Waals surface area contributed by atoms with Crippen LogP contribution in [0.1, 0.15) is 0 Å². The Morgan fingerprint density at radius 1 is 1.60 bits per heavy atom. The first-order valence-corrected chi connectivity index (χ1v) is 2.78. The normalized spacial score (nSPS) is 24.3. The van der Waals surface area contributed by atoms with Crippen molar-refractivity contribution in [3.8, 4) is 0 Å². The van der Waals surface area contributed by atoms with Crippen LogP contribution in [-0.2, 0) is 0 Å². The molecule has 1 aliphatic heterocycles. The molecule has 1 atom stereocenters. The van der Waals surface area contributed by atoms with Crippen LogP contribution < -0.4 is 16.8 Å². The minimum Gasteiger partial charge on any atom is -0.370 e. The summed E-state index contributed by atoms with van der Waals surface area (Å²) in [5.41, 5.74) is 10.7. The number of aliphatic imine (C=N–C) groups is 2. The van der Waals surface area contributed by atoms with Crippen LogP contribution in [0, 0.1) is 0 Å². The van der Waals surface area contributed by atoms with E-state index in [1.807, 2.05) is 0 Å². The summed E-state index contributed by atoms with van der Waals surface area (Å²) in [6.07, 6.45) is 0.941. The standard InChI is InChI=1S/C5H9N5/c1-2-3-8-4(6)10-5(7)9-3/h2,4H,1,6H2,(H3,7,8,9,10). The van der Waals surface area contributed by atoms with Gasteiger partial charge < -0.3 is 11.1 Å². The first kappa shape index (κ1) is 6.76. The largest absolute Gasteiger partial charge is 0.370 e. The summed E-state index contributed by atoms with van der Waals surface area (Å²) in [4.78, 5) is 7.56. The molecule has 10 heavy (non-hydrogen) atoms. The summed E-state index contributed by atoms with van der Waals surface area (Å²) >= 11 is 0. The van der Waals surface area contributed by atoms with Crippen LogP contribution in [-0.4, -0.2) is 18.1 Å². The molecule has 0 aromatic carbocycles. The molecular formula is C5H9N5. The van der Waals surface area contributed by atoms with Crippen molar-refractivity contribution in [2.75, 3.05) is 0 Å². The second-order valence-corrected chi connectivity index (χ2v) is 1.77. The first-order valence-electron chi connectivity index (χ1n) is 2.78. The zero-order chi connectivity index (χ0) is 7.56. The quantitative estimate of drug-likeness (QED) is 0.423. The van der Waals surface area contributed by atoms with Crippen molar-refractivity contribution in [1.29, 1.82) is 0 Å². The molecule has 0 saturated heterocycles. The number of hydrogen-bond acceptors (Lipinski definition) is 5. The third kappa shape index (κ3) is 1.32. The predicted molar refractivity (Wildman–Crippen MR) is 40.4 cm³/mol. The number of nitrogens with two attached hydrogens (primary N) is 2. The van der Waals surface area contributed by atoms with E-state index in [-0.39, 0.29) is 5.96 Å². The Bertz CT molecular complexity index is 204. The Labute approximate surface area is 58.5 Å². The average molecular weight is 139 g/mol. The first-order chi connectivity index (χ1) is 4.72. The van der Waals surface area contributed by atoms with Crippen molar-refractivity contribution in [2.24, 2.45) is 21.5 Å². The van der Waals surface area contributed by atoms with Gasteiger partial charge in [0.1, 0.15) is 5.84 Å². The molecule has 0 aromatic heterocycles. The Balaban J connectivity index is 2.74. The lowest BCUT2D eigenvalue weighted by Crippen LogP contribution is -2.42. The monoisotopic (exact) mass is 139 g/mol. The van der Waals surface area contributed by atoms with Crippen LogP contribution in [0.15, 0.2) is 22.6 Å². The lowest BCUT2D eigenvalue weighted by atomic mass is 10.5. The summed E-state index contributed by atoms with van der Waals surface area (Å²) in [6.45, 7) is 3.49. The van der Waals surface area contributed by atoms with E-state index in [4.69, 9.17) is 11.5 Å². The fourth-order valence-electron chi connectivity index (χ4n) is 0.613. The number of nitrogens with one attached hydrogen (secondary N) is 1. The summed E-state index contributed by atoms with van der Waals surface area (Å²) < 4.78 is 0. The third-order valence-corrected chi connectivity index (χ3v) is 0.992. The van der Waals surface area contributed by atoms with Crippen LogP contribution in [0.4, 0.5) is 0 Å². The molecule has 0 amide bonds. The molecule has 0 aliphatic carbocycles. The van der Waals surface area contributed by atoms with E-state index in [0.29, 0.717) is 5.84 Å². The molecule has 54 valence electrons. The Kier molecular flexibility index (Phi) is 1.68. The van der Waals surface area contributed by atoms with Crippen LogP contribution in [0.5, 0.6) is 0 Å². The molecular weight excluding hydrogens is 130 g/mol. The topological polar surface area (TPSA) is 88.8 Å². The Morgan fingerprint density at radius 3 is 2.80 bits per heavy atom. The second kappa shape index (κ2) is 2.49. The number of guanidine groups is 1. The van der Waals surface area contributed by atoms with Crippen molar-refractivity contribution < 1.29 is 0 Å². The molecule has 1 heterocycles. The maximum absolute atomic E-state index is 5.35. The van der Waals surface area contributed by atoms with Gasteiger partial charge in [-0.25, -0.2) is 9.98 Å². The number of rotatable bonds is 1. The van der Waals surface area contributed by atoms with E-state index in [1.54, 1.807) is 0 Å². The molecule has 0 saturated carbocycles. The molecule has 0 spiro atoms. The van der Waals surface area contributed by atoms with E-state index >= 15 is 0 Å². The highest BCUT2D eigenvalue weighted by Crippen LogP contribution is 1.90. The minimum atomic E-state index is -0.589. The van der Waals surface area contributed by atoms with Crippen LogP contribution >= 0.6 is 0 Å². The lowest BCUT2D eigenvalue weighted by Gasteiger charge is -2.13. The fraction of sp³-hybridized carbons (Fsp3) is 0.200. The van der Waals surface area contributed by atoms with Crippen LogP contribution in [0.2, 0.25) is 0 Å². The molecule has 0 bridgehead atoms. The SMILES string of the molecule is C=CC1=NC(N)N=C(N)N1. The van der Waals surface area contributed by atoms with E-state index in [2.05, 4.69) is 21.9 Å². The highest BCUT2D eigenvalue weighted by atomic mass is 15.3. The number of amidine groups is 1. The summed E-state index contributed by atoms with van der Waals surface area (Å²) in [5, 5.41) is 2.68. The number of nitrogens with zero attached hydrogens (tertiary/aromatic N) is 2. The molecule has 5 heteroatoms. The van der Waals surface area contributed by atoms with Gasteiger partial charge in [-0.2, -0.15) is 0 Å². The second-order valence-electron chi connectivity index (χ2n) is 1.77. The van der Waals surface area contributed by atoms with Gasteiger partial charge in [0.2, 0.25) is 0 Å². The maximum atomic E-state index is 5.35. The van der Waals surface area contributed by atoms with Gasteiger partial charge in [-0.1, -0.05) is 6.58 Å². The van der Waals surface area contributed by atoms with Gasteiger partial charge in [0.25, 0.3) is 0 Å². The average Bonchev–Trinajstić information content (AvgIpc) is 1.85. The highest BCUT2D eigenvalue weighted by molar-refractivity contribution is 6.05. The molecule has 0 fully saturated rings. The Morgan fingerprint density at radius 2 is 2.30 bits per heavy atom. The van der Waals surface area contributed by atoms with E-state index in [9.17, 15) is 0 Å². The molecule has 0 radical (unpaired) electrons. The van der Waals surface area contributed by atoms with Gasteiger partial charge in [0, 0.05) is 0 Å². The summed E-state index contributed by atoms with van der Waals surface area (Å²) in [5.74, 6) is 0.831. The molecule has 1 rings (SSSR count). The van der Waals surface area contributed by atoms with Gasteiger partial charge in [0.05, 0.1) is 0 Å². The molecule has 1 aliphatic rings. The summed E-state index contributed by atoms with van der Waals surface area (Å²) in [7, 11) is 0. The molecule has 1 unspecified atom stereocenters. The highest BCUT2D eigenvalue weighted by Gasteiger charge is 2.06. The van der Waals surface area contributed by atoms with Gasteiger partial charge in [-0.05, 0) is 6.08 Å². The lowest BCUT2D eigenvalue weighted by molar-refractivity contribution is 0.733.